The van der Waals surface area contributed by atoms with Crippen molar-refractivity contribution in [1.29, 1.82) is 0 Å². The molecule has 0 aliphatic carbocycles. The van der Waals surface area contributed by atoms with Crippen molar-refractivity contribution in [3.63, 3.8) is 0 Å². The normalized spacial score (nSPS) is 12.0. The highest BCUT2D eigenvalue weighted by Crippen LogP contribution is 2.27. The van der Waals surface area contributed by atoms with Crippen molar-refractivity contribution in [2.45, 2.75) is 52.0 Å². The third kappa shape index (κ3) is 8.13. The first-order valence-electron chi connectivity index (χ1n) is 14.5. The van der Waals surface area contributed by atoms with Crippen LogP contribution in [-0.4, -0.2) is 43.2 Å². The maximum atomic E-state index is 14.0. The average Bonchev–Trinajstić information content (AvgIpc) is 3.46. The van der Waals surface area contributed by atoms with Crippen molar-refractivity contribution >= 4 is 44.7 Å². The fourth-order valence-corrected chi connectivity index (χ4v) is 5.06. The van der Waals surface area contributed by atoms with Gasteiger partial charge in [0.1, 0.15) is 36.0 Å². The highest BCUT2D eigenvalue weighted by Gasteiger charge is 2.33. The molecule has 0 bridgehead atoms. The summed E-state index contributed by atoms with van der Waals surface area (Å²) in [6, 6.07) is 23.9. The van der Waals surface area contributed by atoms with Gasteiger partial charge in [0, 0.05) is 21.9 Å². The number of aromatic nitrogens is 3. The molecule has 2 aromatic heterocycles. The number of nitrogens with zero attached hydrogens (tertiary/aromatic N) is 4. The summed E-state index contributed by atoms with van der Waals surface area (Å²) in [5.41, 5.74) is 0.493. The molecule has 1 unspecified atom stereocenters. The lowest BCUT2D eigenvalue weighted by molar-refractivity contribution is -0.142. The lowest BCUT2D eigenvalue weighted by Crippen LogP contribution is -2.49. The molecule has 0 aliphatic heterocycles. The minimum absolute atomic E-state index is 0.158. The number of rotatable bonds is 10. The summed E-state index contributed by atoms with van der Waals surface area (Å²) in [6.45, 7) is 5.27. The van der Waals surface area contributed by atoms with Gasteiger partial charge in [-0.1, -0.05) is 81.8 Å². The second-order valence-electron chi connectivity index (χ2n) is 11.7. The molecule has 0 fully saturated rings. The van der Waals surface area contributed by atoms with Gasteiger partial charge in [0.2, 0.25) is 11.8 Å². The number of para-hydroxylation sites is 1. The van der Waals surface area contributed by atoms with Gasteiger partial charge in [-0.25, -0.2) is 14.3 Å². The Kier molecular flexibility index (Phi) is 9.76. The molecule has 5 rings (SSSR count). The van der Waals surface area contributed by atoms with Crippen LogP contribution in [0.1, 0.15) is 54.0 Å². The Bertz CT molecular complexity index is 1910. The molecular weight excluding hydrogens is 654 g/mol. The van der Waals surface area contributed by atoms with Gasteiger partial charge in [0.15, 0.2) is 0 Å². The second-order valence-corrected chi connectivity index (χ2v) is 12.6. The molecule has 5 aromatic rings. The zero-order chi connectivity index (χ0) is 32.8. The summed E-state index contributed by atoms with van der Waals surface area (Å²) in [6.07, 6.45) is 1.47. The quantitative estimate of drug-likeness (QED) is 0.157. The van der Waals surface area contributed by atoms with E-state index >= 15 is 0 Å². The lowest BCUT2D eigenvalue weighted by Gasteiger charge is -2.34. The van der Waals surface area contributed by atoms with Crippen LogP contribution in [0.15, 0.2) is 105 Å². The third-order valence-electron chi connectivity index (χ3n) is 6.86. The fourth-order valence-electron chi connectivity index (χ4n) is 4.79. The average molecular weight is 687 g/mol. The van der Waals surface area contributed by atoms with Crippen LogP contribution in [0.5, 0.6) is 0 Å². The Morgan fingerprint density at radius 2 is 1.70 bits per heavy atom. The van der Waals surface area contributed by atoms with Gasteiger partial charge < -0.3 is 19.4 Å². The summed E-state index contributed by atoms with van der Waals surface area (Å²) in [7, 11) is 0. The molecule has 1 N–H and O–H groups in total. The van der Waals surface area contributed by atoms with E-state index in [0.717, 1.165) is 10.0 Å². The molecule has 0 aliphatic rings. The number of halogens is 1. The molecule has 0 saturated heterocycles. The summed E-state index contributed by atoms with van der Waals surface area (Å²) in [4.78, 5) is 54.3. The molecule has 0 radical (unpaired) electrons. The van der Waals surface area contributed by atoms with Crippen LogP contribution in [0.4, 0.5) is 0 Å². The Morgan fingerprint density at radius 3 is 2.41 bits per heavy atom. The molecule has 11 nitrogen and oxygen atoms in total. The molecule has 46 heavy (non-hydrogen) atoms. The van der Waals surface area contributed by atoms with Crippen molar-refractivity contribution in [1.82, 2.24) is 25.2 Å². The predicted molar refractivity (Wildman–Crippen MR) is 173 cm³/mol. The SMILES string of the molecule is CC(C)(C)NC(=O)C(c1ccc(Br)cc1)N(Cc1ccccc1)C(=O)Cn1cc(COC(=O)c2cc3ccccc3oc2=O)nn1. The van der Waals surface area contributed by atoms with E-state index in [2.05, 4.69) is 31.6 Å². The summed E-state index contributed by atoms with van der Waals surface area (Å²) in [5, 5.41) is 11.7. The minimum Gasteiger partial charge on any atom is -0.455 e. The number of esters is 1. The minimum atomic E-state index is -0.947. The van der Waals surface area contributed by atoms with Crippen molar-refractivity contribution in [2.75, 3.05) is 0 Å². The molecule has 1 atom stereocenters. The number of nitrogens with one attached hydrogen (secondary N) is 1. The number of amides is 2. The van der Waals surface area contributed by atoms with Crippen molar-refractivity contribution in [2.24, 2.45) is 0 Å². The van der Waals surface area contributed by atoms with Crippen molar-refractivity contribution in [3.8, 4) is 0 Å². The number of ether oxygens (including phenoxy) is 1. The van der Waals surface area contributed by atoms with E-state index in [9.17, 15) is 19.2 Å². The van der Waals surface area contributed by atoms with Gasteiger partial charge >= 0.3 is 11.6 Å². The number of hydrogen-bond acceptors (Lipinski definition) is 8. The number of benzene rings is 3. The van der Waals surface area contributed by atoms with Crippen LogP contribution in [0.2, 0.25) is 0 Å². The first-order chi connectivity index (χ1) is 22.0. The zero-order valence-electron chi connectivity index (χ0n) is 25.5. The van der Waals surface area contributed by atoms with E-state index in [1.54, 1.807) is 36.4 Å². The third-order valence-corrected chi connectivity index (χ3v) is 7.38. The standard InChI is InChI=1S/C34H32BrN5O6/c1-34(2,3)36-31(42)30(23-13-15-25(35)16-14-23)40(18-22-9-5-4-6-10-22)29(41)20-39-19-26(37-38-39)21-45-32(43)27-17-24-11-7-8-12-28(24)46-33(27)44/h4-17,19,30H,18,20-21H2,1-3H3,(H,36,42). The van der Waals surface area contributed by atoms with E-state index in [1.165, 1.54) is 21.8 Å². The molecule has 3 aromatic carbocycles. The molecule has 2 amide bonds. The first kappa shape index (κ1) is 32.3. The van der Waals surface area contributed by atoms with E-state index in [0.29, 0.717) is 16.5 Å². The van der Waals surface area contributed by atoms with E-state index in [1.807, 2.05) is 63.2 Å². The fraction of sp³-hybridized carbons (Fsp3) is 0.235. The Labute approximate surface area is 273 Å². The van der Waals surface area contributed by atoms with Crippen LogP contribution in [0.25, 0.3) is 11.0 Å². The zero-order valence-corrected chi connectivity index (χ0v) is 27.1. The highest BCUT2D eigenvalue weighted by molar-refractivity contribution is 9.10. The van der Waals surface area contributed by atoms with Crippen LogP contribution < -0.4 is 10.9 Å². The number of carbonyl (C=O) groups excluding carboxylic acids is 3. The molecule has 0 spiro atoms. The van der Waals surface area contributed by atoms with Gasteiger partial charge in [0.05, 0.1) is 6.20 Å². The number of carbonyl (C=O) groups is 3. The topological polar surface area (TPSA) is 137 Å². The van der Waals surface area contributed by atoms with E-state index in [-0.39, 0.29) is 42.8 Å². The second kappa shape index (κ2) is 13.9. The van der Waals surface area contributed by atoms with Crippen LogP contribution >= 0.6 is 15.9 Å². The molecule has 0 saturated carbocycles. The van der Waals surface area contributed by atoms with Crippen LogP contribution in [-0.2, 0) is 34.0 Å². The van der Waals surface area contributed by atoms with Gasteiger partial charge in [0.25, 0.3) is 0 Å². The monoisotopic (exact) mass is 685 g/mol. The highest BCUT2D eigenvalue weighted by atomic mass is 79.9. The van der Waals surface area contributed by atoms with Crippen molar-refractivity contribution in [3.05, 3.63) is 128 Å². The lowest BCUT2D eigenvalue weighted by atomic mass is 10.0. The van der Waals surface area contributed by atoms with E-state index < -0.39 is 23.2 Å². The Balaban J connectivity index is 1.35. The molecule has 2 heterocycles. The molecule has 236 valence electrons. The summed E-state index contributed by atoms with van der Waals surface area (Å²) in [5.74, 6) is -1.59. The summed E-state index contributed by atoms with van der Waals surface area (Å²) >= 11 is 3.44. The maximum Gasteiger partial charge on any atom is 0.351 e. The predicted octanol–water partition coefficient (Wildman–Crippen LogP) is 5.19. The van der Waals surface area contributed by atoms with Gasteiger partial charge in [-0.3, -0.25) is 9.59 Å². The van der Waals surface area contributed by atoms with Gasteiger partial charge in [-0.15, -0.1) is 5.10 Å². The molecule has 12 heteroatoms. The van der Waals surface area contributed by atoms with Gasteiger partial charge in [-0.05, 0) is 56.2 Å². The summed E-state index contributed by atoms with van der Waals surface area (Å²) < 4.78 is 12.7. The van der Waals surface area contributed by atoms with Crippen molar-refractivity contribution < 1.29 is 23.5 Å². The Hall–Kier alpha value is -5.10. The largest absolute Gasteiger partial charge is 0.455 e. The van der Waals surface area contributed by atoms with Gasteiger partial charge in [-0.2, -0.15) is 0 Å². The smallest absolute Gasteiger partial charge is 0.351 e. The van der Waals surface area contributed by atoms with Crippen LogP contribution in [0.3, 0.4) is 0 Å². The molecular formula is C34H32BrN5O6. The number of fused-ring (bicyclic) bond motifs is 1. The Morgan fingerprint density at radius 1 is 1.00 bits per heavy atom. The van der Waals surface area contributed by atoms with Crippen LogP contribution in [0, 0.1) is 0 Å². The maximum absolute atomic E-state index is 14.0. The first-order valence-corrected chi connectivity index (χ1v) is 15.3. The number of hydrogen-bond donors (Lipinski definition) is 1. The van der Waals surface area contributed by atoms with E-state index in [4.69, 9.17) is 9.15 Å².